The fraction of sp³-hybridized carbons (Fsp3) is 0.583. The Morgan fingerprint density at radius 2 is 2.20 bits per heavy atom. The predicted octanol–water partition coefficient (Wildman–Crippen LogP) is 2.13. The van der Waals surface area contributed by atoms with E-state index in [0.29, 0.717) is 0 Å². The molecule has 2 heterocycles. The van der Waals surface area contributed by atoms with E-state index in [1.165, 1.54) is 11.5 Å². The molecule has 20 heavy (non-hydrogen) atoms. The van der Waals surface area contributed by atoms with Gasteiger partial charge in [0.05, 0.1) is 32.5 Å². The molecule has 0 spiro atoms. The molecule has 1 atom stereocenters. The fourth-order valence-corrected chi connectivity index (χ4v) is 3.45. The molecule has 110 valence electrons. The maximum Gasteiger partial charge on any atom is 0.0801 e. The number of nitrogens with zero attached hydrogens (tertiary/aromatic N) is 4. The first-order valence-corrected chi connectivity index (χ1v) is 8.17. The molecule has 0 saturated carbocycles. The summed E-state index contributed by atoms with van der Waals surface area (Å²) in [5.41, 5.74) is 6.03. The molecular weight excluding hydrogens is 340 g/mol. The van der Waals surface area contributed by atoms with Crippen LogP contribution in [0.4, 0.5) is 0 Å². The molecule has 8 heteroatoms. The van der Waals surface area contributed by atoms with Gasteiger partial charge in [-0.05, 0) is 47.7 Å². The first kappa shape index (κ1) is 15.6. The molecule has 0 saturated heterocycles. The molecule has 1 unspecified atom stereocenters. The summed E-state index contributed by atoms with van der Waals surface area (Å²) >= 11 is 5.02. The number of aromatic nitrogens is 4. The second-order valence-corrected chi connectivity index (χ2v) is 6.10. The fourth-order valence-electron chi connectivity index (χ4n) is 2.21. The van der Waals surface area contributed by atoms with E-state index in [9.17, 15) is 0 Å². The minimum absolute atomic E-state index is 0.00245. The van der Waals surface area contributed by atoms with Gasteiger partial charge < -0.3 is 0 Å². The molecule has 0 aliphatic heterocycles. The summed E-state index contributed by atoms with van der Waals surface area (Å²) in [6.07, 6.45) is 1.61. The van der Waals surface area contributed by atoms with Gasteiger partial charge in [-0.3, -0.25) is 16.0 Å². The Hall–Kier alpha value is -0.830. The molecule has 2 aromatic rings. The normalized spacial score (nSPS) is 12.8. The minimum Gasteiger partial charge on any atom is -0.271 e. The van der Waals surface area contributed by atoms with Crippen LogP contribution in [0.5, 0.6) is 0 Å². The molecule has 3 N–H and O–H groups in total. The minimum atomic E-state index is 0.00245. The van der Waals surface area contributed by atoms with Crippen LogP contribution in [0, 0.1) is 6.92 Å². The second-order valence-electron chi connectivity index (χ2n) is 4.52. The standard InChI is InChI=1S/C12H19BrN6S/c1-4-8-12(20-18-16-8)9(15-14)6-10-11(13)7(3)17-19(10)5-2/h9,15H,4-6,14H2,1-3H3. The highest BCUT2D eigenvalue weighted by Gasteiger charge is 2.22. The smallest absolute Gasteiger partial charge is 0.0801 e. The van der Waals surface area contributed by atoms with Crippen LogP contribution >= 0.6 is 27.5 Å². The predicted molar refractivity (Wildman–Crippen MR) is 83.4 cm³/mol. The summed E-state index contributed by atoms with van der Waals surface area (Å²) in [6.45, 7) is 6.99. The van der Waals surface area contributed by atoms with E-state index in [2.05, 4.69) is 49.9 Å². The Labute approximate surface area is 131 Å². The van der Waals surface area contributed by atoms with Crippen molar-refractivity contribution in [3.05, 3.63) is 26.4 Å². The quantitative estimate of drug-likeness (QED) is 0.610. The van der Waals surface area contributed by atoms with Crippen molar-refractivity contribution in [1.29, 1.82) is 0 Å². The van der Waals surface area contributed by atoms with Crippen LogP contribution in [0.15, 0.2) is 4.47 Å². The van der Waals surface area contributed by atoms with Crippen molar-refractivity contribution in [2.75, 3.05) is 0 Å². The van der Waals surface area contributed by atoms with Crippen molar-refractivity contribution in [1.82, 2.24) is 24.8 Å². The SMILES string of the molecule is CCc1nnsc1C(Cc1c(Br)c(C)nn1CC)NN. The number of halogens is 1. The highest BCUT2D eigenvalue weighted by molar-refractivity contribution is 9.10. The number of rotatable bonds is 6. The van der Waals surface area contributed by atoms with Crippen LogP contribution in [0.25, 0.3) is 0 Å². The summed E-state index contributed by atoms with van der Waals surface area (Å²) in [7, 11) is 0. The average Bonchev–Trinajstić information content (AvgIpc) is 3.03. The van der Waals surface area contributed by atoms with Crippen LogP contribution in [-0.2, 0) is 19.4 Å². The number of nitrogens with two attached hydrogens (primary N) is 1. The van der Waals surface area contributed by atoms with Crippen LogP contribution in [0.3, 0.4) is 0 Å². The van der Waals surface area contributed by atoms with Gasteiger partial charge in [0.1, 0.15) is 0 Å². The third-order valence-electron chi connectivity index (χ3n) is 3.29. The number of aryl methyl sites for hydroxylation is 3. The Morgan fingerprint density at radius 3 is 2.80 bits per heavy atom. The zero-order valence-corrected chi connectivity index (χ0v) is 14.3. The summed E-state index contributed by atoms with van der Waals surface area (Å²) < 4.78 is 7.09. The lowest BCUT2D eigenvalue weighted by Gasteiger charge is -2.16. The number of hydrogen-bond acceptors (Lipinski definition) is 6. The van der Waals surface area contributed by atoms with E-state index < -0.39 is 0 Å². The zero-order chi connectivity index (χ0) is 14.7. The Morgan fingerprint density at radius 1 is 1.45 bits per heavy atom. The molecule has 0 amide bonds. The number of hydrazine groups is 1. The van der Waals surface area contributed by atoms with Crippen LogP contribution in [0.2, 0.25) is 0 Å². The summed E-state index contributed by atoms with van der Waals surface area (Å²) in [6, 6.07) is 0.00245. The van der Waals surface area contributed by atoms with Gasteiger partial charge in [0.15, 0.2) is 0 Å². The van der Waals surface area contributed by atoms with E-state index in [-0.39, 0.29) is 6.04 Å². The van der Waals surface area contributed by atoms with E-state index >= 15 is 0 Å². The van der Waals surface area contributed by atoms with E-state index in [4.69, 9.17) is 5.84 Å². The maximum absolute atomic E-state index is 5.74. The van der Waals surface area contributed by atoms with E-state index in [1.54, 1.807) is 0 Å². The molecule has 6 nitrogen and oxygen atoms in total. The van der Waals surface area contributed by atoms with Gasteiger partial charge in [0.25, 0.3) is 0 Å². The summed E-state index contributed by atoms with van der Waals surface area (Å²) in [5.74, 6) is 5.74. The van der Waals surface area contributed by atoms with Crippen molar-refractivity contribution in [2.45, 2.75) is 46.2 Å². The summed E-state index contributed by atoms with van der Waals surface area (Å²) in [4.78, 5) is 1.10. The van der Waals surface area contributed by atoms with E-state index in [1.807, 2.05) is 11.6 Å². The first-order valence-electron chi connectivity index (χ1n) is 6.61. The van der Waals surface area contributed by atoms with Crippen molar-refractivity contribution >= 4 is 27.5 Å². The van der Waals surface area contributed by atoms with Gasteiger partial charge in [-0.1, -0.05) is 11.4 Å². The molecule has 0 aromatic carbocycles. The molecule has 0 radical (unpaired) electrons. The Balaban J connectivity index is 2.31. The lowest BCUT2D eigenvalue weighted by atomic mass is 10.1. The van der Waals surface area contributed by atoms with Crippen molar-refractivity contribution in [2.24, 2.45) is 5.84 Å². The molecule has 2 rings (SSSR count). The molecule has 0 aliphatic carbocycles. The summed E-state index contributed by atoms with van der Waals surface area (Å²) in [5, 5.41) is 8.67. The maximum atomic E-state index is 5.74. The van der Waals surface area contributed by atoms with Gasteiger partial charge in [0, 0.05) is 13.0 Å². The van der Waals surface area contributed by atoms with Crippen LogP contribution in [0.1, 0.15) is 41.8 Å². The molecular formula is C12H19BrN6S. The Kier molecular flexibility index (Phi) is 5.25. The monoisotopic (exact) mass is 358 g/mol. The van der Waals surface area contributed by atoms with Gasteiger partial charge in [-0.2, -0.15) is 5.10 Å². The molecule has 0 fully saturated rings. The van der Waals surface area contributed by atoms with Crippen molar-refractivity contribution < 1.29 is 0 Å². The highest BCUT2D eigenvalue weighted by atomic mass is 79.9. The molecule has 0 aliphatic rings. The third-order valence-corrected chi connectivity index (χ3v) is 5.20. The number of nitrogens with one attached hydrogen (secondary N) is 1. The number of hydrogen-bond donors (Lipinski definition) is 2. The molecule has 0 bridgehead atoms. The lowest BCUT2D eigenvalue weighted by Crippen LogP contribution is -2.30. The van der Waals surface area contributed by atoms with Gasteiger partial charge >= 0.3 is 0 Å². The van der Waals surface area contributed by atoms with Gasteiger partial charge in [0.2, 0.25) is 0 Å². The topological polar surface area (TPSA) is 81.7 Å². The molecule has 2 aromatic heterocycles. The first-order chi connectivity index (χ1) is 9.62. The average molecular weight is 359 g/mol. The van der Waals surface area contributed by atoms with Crippen LogP contribution in [-0.4, -0.2) is 19.4 Å². The second kappa shape index (κ2) is 6.75. The highest BCUT2D eigenvalue weighted by Crippen LogP contribution is 2.28. The van der Waals surface area contributed by atoms with Gasteiger partial charge in [-0.15, -0.1) is 5.10 Å². The van der Waals surface area contributed by atoms with Gasteiger partial charge in [-0.25, -0.2) is 0 Å². The van der Waals surface area contributed by atoms with Crippen molar-refractivity contribution in [3.8, 4) is 0 Å². The third kappa shape index (κ3) is 2.93. The van der Waals surface area contributed by atoms with Crippen LogP contribution < -0.4 is 11.3 Å². The zero-order valence-electron chi connectivity index (χ0n) is 11.9. The lowest BCUT2D eigenvalue weighted by molar-refractivity contribution is 0.518. The van der Waals surface area contributed by atoms with E-state index in [0.717, 1.165) is 45.8 Å². The van der Waals surface area contributed by atoms with Crippen molar-refractivity contribution in [3.63, 3.8) is 0 Å². The largest absolute Gasteiger partial charge is 0.271 e. The Bertz CT molecular complexity index is 579.